The van der Waals surface area contributed by atoms with Crippen molar-refractivity contribution in [1.82, 2.24) is 10.2 Å². The zero-order chi connectivity index (χ0) is 14.5. The smallest absolute Gasteiger partial charge is 0.0827 e. The molecule has 0 amide bonds. The third-order valence-corrected chi connectivity index (χ3v) is 4.13. The summed E-state index contributed by atoms with van der Waals surface area (Å²) in [6.07, 6.45) is 0.305. The van der Waals surface area contributed by atoms with E-state index in [0.29, 0.717) is 18.2 Å². The quantitative estimate of drug-likeness (QED) is 0.895. The van der Waals surface area contributed by atoms with Gasteiger partial charge in [-0.3, -0.25) is 4.90 Å². The second-order valence-corrected chi connectivity index (χ2v) is 6.12. The summed E-state index contributed by atoms with van der Waals surface area (Å²) >= 11 is 0. The summed E-state index contributed by atoms with van der Waals surface area (Å²) in [5.41, 5.74) is 2.65. The molecular formula is C17H28N2O. The molecule has 1 N–H and O–H groups in total. The third-order valence-electron chi connectivity index (χ3n) is 4.13. The van der Waals surface area contributed by atoms with Gasteiger partial charge in [0.15, 0.2) is 0 Å². The monoisotopic (exact) mass is 276 g/mol. The fourth-order valence-corrected chi connectivity index (χ4v) is 2.62. The first-order valence-electron chi connectivity index (χ1n) is 7.72. The van der Waals surface area contributed by atoms with Gasteiger partial charge in [-0.1, -0.05) is 29.8 Å². The van der Waals surface area contributed by atoms with Crippen LogP contribution < -0.4 is 5.32 Å². The van der Waals surface area contributed by atoms with E-state index in [2.05, 4.69) is 62.2 Å². The minimum atomic E-state index is 0.305. The molecule has 1 saturated heterocycles. The van der Waals surface area contributed by atoms with Crippen molar-refractivity contribution in [2.24, 2.45) is 0 Å². The fourth-order valence-electron chi connectivity index (χ4n) is 2.62. The fraction of sp³-hybridized carbons (Fsp3) is 0.647. The van der Waals surface area contributed by atoms with Crippen molar-refractivity contribution < 1.29 is 4.74 Å². The van der Waals surface area contributed by atoms with Gasteiger partial charge in [0, 0.05) is 31.7 Å². The highest BCUT2D eigenvalue weighted by Crippen LogP contribution is 2.14. The van der Waals surface area contributed by atoms with Crippen LogP contribution in [-0.4, -0.2) is 43.3 Å². The lowest BCUT2D eigenvalue weighted by Gasteiger charge is -2.36. The maximum atomic E-state index is 5.86. The molecular weight excluding hydrogens is 248 g/mol. The summed E-state index contributed by atoms with van der Waals surface area (Å²) in [4.78, 5) is 2.49. The number of nitrogens with zero attached hydrogens (tertiary/aromatic N) is 1. The predicted octanol–water partition coefficient (Wildman–Crippen LogP) is 2.75. The van der Waals surface area contributed by atoms with Gasteiger partial charge in [0.2, 0.25) is 0 Å². The lowest BCUT2D eigenvalue weighted by atomic mass is 10.1. The first-order valence-corrected chi connectivity index (χ1v) is 7.72. The summed E-state index contributed by atoms with van der Waals surface area (Å²) in [5, 5.41) is 3.60. The van der Waals surface area contributed by atoms with Crippen LogP contribution in [0.25, 0.3) is 0 Å². The van der Waals surface area contributed by atoms with Crippen LogP contribution in [0.3, 0.4) is 0 Å². The highest BCUT2D eigenvalue weighted by atomic mass is 16.5. The number of morpholine rings is 1. The van der Waals surface area contributed by atoms with E-state index in [1.54, 1.807) is 0 Å². The van der Waals surface area contributed by atoms with Gasteiger partial charge < -0.3 is 10.1 Å². The minimum Gasteiger partial charge on any atom is -0.374 e. The molecule has 0 bridgehead atoms. The summed E-state index contributed by atoms with van der Waals surface area (Å²) in [7, 11) is 0. The molecule has 0 saturated carbocycles. The Balaban J connectivity index is 1.81. The largest absolute Gasteiger partial charge is 0.374 e. The zero-order valence-electron chi connectivity index (χ0n) is 13.2. The van der Waals surface area contributed by atoms with Crippen molar-refractivity contribution in [2.45, 2.75) is 45.9 Å². The summed E-state index contributed by atoms with van der Waals surface area (Å²) in [6.45, 7) is 12.7. The van der Waals surface area contributed by atoms with Crippen molar-refractivity contribution in [3.63, 3.8) is 0 Å². The number of hydrogen-bond donors (Lipinski definition) is 1. The molecule has 1 aromatic rings. The van der Waals surface area contributed by atoms with Crippen LogP contribution >= 0.6 is 0 Å². The first-order chi connectivity index (χ1) is 9.56. The van der Waals surface area contributed by atoms with E-state index in [1.807, 2.05) is 0 Å². The zero-order valence-corrected chi connectivity index (χ0v) is 13.2. The van der Waals surface area contributed by atoms with Gasteiger partial charge in [-0.05, 0) is 33.3 Å². The number of ether oxygens (including phenoxy) is 1. The molecule has 2 rings (SSSR count). The lowest BCUT2D eigenvalue weighted by molar-refractivity contribution is -0.0379. The summed E-state index contributed by atoms with van der Waals surface area (Å²) in [5.74, 6) is 0. The van der Waals surface area contributed by atoms with Crippen LogP contribution in [0.15, 0.2) is 24.3 Å². The van der Waals surface area contributed by atoms with E-state index in [4.69, 9.17) is 4.74 Å². The topological polar surface area (TPSA) is 24.5 Å². The molecule has 3 nitrogen and oxygen atoms in total. The predicted molar refractivity (Wildman–Crippen MR) is 84.0 cm³/mol. The minimum absolute atomic E-state index is 0.305. The van der Waals surface area contributed by atoms with Crippen LogP contribution in [0.5, 0.6) is 0 Å². The maximum Gasteiger partial charge on any atom is 0.0827 e. The summed E-state index contributed by atoms with van der Waals surface area (Å²) < 4.78 is 5.86. The standard InChI is InChI=1S/C17H28N2O/c1-13(2)19-9-10-20-17(12-19)11-18-15(4)16-7-5-14(3)6-8-16/h5-8,13,15,17-18H,9-12H2,1-4H3. The van der Waals surface area contributed by atoms with Crippen molar-refractivity contribution in [2.75, 3.05) is 26.2 Å². The van der Waals surface area contributed by atoms with E-state index < -0.39 is 0 Å². The molecule has 0 spiro atoms. The van der Waals surface area contributed by atoms with Crippen molar-refractivity contribution in [3.8, 4) is 0 Å². The van der Waals surface area contributed by atoms with Gasteiger partial charge >= 0.3 is 0 Å². The Hall–Kier alpha value is -0.900. The molecule has 2 unspecified atom stereocenters. The molecule has 3 heteroatoms. The van der Waals surface area contributed by atoms with Crippen LogP contribution in [0.1, 0.15) is 37.9 Å². The number of aryl methyl sites for hydroxylation is 1. The lowest BCUT2D eigenvalue weighted by Crippen LogP contribution is -2.49. The normalized spacial score (nSPS) is 22.1. The number of rotatable bonds is 5. The molecule has 112 valence electrons. The molecule has 2 atom stereocenters. The Morgan fingerprint density at radius 3 is 2.60 bits per heavy atom. The molecule has 20 heavy (non-hydrogen) atoms. The van der Waals surface area contributed by atoms with Gasteiger partial charge in [0.1, 0.15) is 0 Å². The molecule has 1 aliphatic heterocycles. The Morgan fingerprint density at radius 2 is 1.95 bits per heavy atom. The van der Waals surface area contributed by atoms with E-state index in [1.165, 1.54) is 11.1 Å². The van der Waals surface area contributed by atoms with E-state index >= 15 is 0 Å². The van der Waals surface area contributed by atoms with Crippen molar-refractivity contribution in [1.29, 1.82) is 0 Å². The molecule has 1 aliphatic rings. The maximum absolute atomic E-state index is 5.86. The molecule has 0 aliphatic carbocycles. The highest BCUT2D eigenvalue weighted by molar-refractivity contribution is 5.23. The third kappa shape index (κ3) is 4.30. The second-order valence-electron chi connectivity index (χ2n) is 6.12. The number of benzene rings is 1. The van der Waals surface area contributed by atoms with E-state index in [9.17, 15) is 0 Å². The SMILES string of the molecule is Cc1ccc(C(C)NCC2CN(C(C)C)CCO2)cc1. The molecule has 1 heterocycles. The average Bonchev–Trinajstić information content (AvgIpc) is 2.46. The Morgan fingerprint density at radius 1 is 1.25 bits per heavy atom. The van der Waals surface area contributed by atoms with Crippen molar-refractivity contribution >= 4 is 0 Å². The van der Waals surface area contributed by atoms with Crippen LogP contribution in [0.4, 0.5) is 0 Å². The number of hydrogen-bond acceptors (Lipinski definition) is 3. The highest BCUT2D eigenvalue weighted by Gasteiger charge is 2.22. The van der Waals surface area contributed by atoms with Gasteiger partial charge in [0.25, 0.3) is 0 Å². The second kappa shape index (κ2) is 7.21. The number of nitrogens with one attached hydrogen (secondary N) is 1. The van der Waals surface area contributed by atoms with Crippen molar-refractivity contribution in [3.05, 3.63) is 35.4 Å². The van der Waals surface area contributed by atoms with Gasteiger partial charge in [-0.25, -0.2) is 0 Å². The van der Waals surface area contributed by atoms with Gasteiger partial charge in [0.05, 0.1) is 12.7 Å². The van der Waals surface area contributed by atoms with E-state index in [-0.39, 0.29) is 0 Å². The van der Waals surface area contributed by atoms with Crippen LogP contribution in [0, 0.1) is 6.92 Å². The van der Waals surface area contributed by atoms with Crippen LogP contribution in [-0.2, 0) is 4.74 Å². The summed E-state index contributed by atoms with van der Waals surface area (Å²) in [6, 6.07) is 9.73. The van der Waals surface area contributed by atoms with E-state index in [0.717, 1.165) is 26.2 Å². The van der Waals surface area contributed by atoms with Gasteiger partial charge in [-0.2, -0.15) is 0 Å². The molecule has 0 aromatic heterocycles. The van der Waals surface area contributed by atoms with Gasteiger partial charge in [-0.15, -0.1) is 0 Å². The Kier molecular flexibility index (Phi) is 5.58. The van der Waals surface area contributed by atoms with Crippen LogP contribution in [0.2, 0.25) is 0 Å². The average molecular weight is 276 g/mol. The molecule has 0 radical (unpaired) electrons. The molecule has 1 aromatic carbocycles. The first kappa shape index (κ1) is 15.5. The Bertz CT molecular complexity index is 402. The Labute approximate surface area is 123 Å². The molecule has 1 fully saturated rings.